The summed E-state index contributed by atoms with van der Waals surface area (Å²) in [6.07, 6.45) is -2.89. The van der Waals surface area contributed by atoms with Crippen LogP contribution in [0.1, 0.15) is 42.9 Å². The van der Waals surface area contributed by atoms with Gasteiger partial charge >= 0.3 is 6.18 Å². The molecule has 2 unspecified atom stereocenters. The van der Waals surface area contributed by atoms with E-state index in [9.17, 15) is 23.4 Å². The summed E-state index contributed by atoms with van der Waals surface area (Å²) in [7, 11) is 0. The maximum absolute atomic E-state index is 13.5. The van der Waals surface area contributed by atoms with Crippen LogP contribution in [0.25, 0.3) is 10.5 Å². The number of halogens is 3. The number of fused-ring (bicyclic) bond motifs is 5. The van der Waals surface area contributed by atoms with Crippen LogP contribution in [-0.2, 0) is 26.9 Å². The average molecular weight is 463 g/mol. The van der Waals surface area contributed by atoms with Crippen LogP contribution in [0.2, 0.25) is 0 Å². The molecule has 0 aliphatic carbocycles. The van der Waals surface area contributed by atoms with Gasteiger partial charge in [-0.2, -0.15) is 13.2 Å². The van der Waals surface area contributed by atoms with Gasteiger partial charge in [0.15, 0.2) is 5.69 Å². The molecular formula is C23H24F3N3O4. The van der Waals surface area contributed by atoms with Crippen molar-refractivity contribution in [2.24, 2.45) is 0 Å². The molecule has 10 heteroatoms. The number of aromatic hydroxyl groups is 2. The standard InChI is InChI=1S/C23H24F3N3O4/c1-21-5-6-22(33-21,7-8-28-9-11-32-12-10-28)18-17(21)19(30)29(20(18)31)14-3-4-16(27-2)15(13-14)23(24,25)26/h3-4,13,30-31H,5-12H2,1H3. The Bertz CT molecular complexity index is 1150. The van der Waals surface area contributed by atoms with E-state index in [0.717, 1.165) is 29.8 Å². The van der Waals surface area contributed by atoms with Crippen molar-refractivity contribution in [3.8, 4) is 17.4 Å². The Morgan fingerprint density at radius 1 is 1.12 bits per heavy atom. The predicted octanol–water partition coefficient (Wildman–Crippen LogP) is 4.41. The summed E-state index contributed by atoms with van der Waals surface area (Å²) in [5.41, 5.74) is -2.50. The van der Waals surface area contributed by atoms with Crippen LogP contribution >= 0.6 is 0 Å². The van der Waals surface area contributed by atoms with Gasteiger partial charge in [-0.25, -0.2) is 4.85 Å². The molecule has 5 rings (SSSR count). The lowest BCUT2D eigenvalue weighted by Gasteiger charge is -2.32. The van der Waals surface area contributed by atoms with Crippen LogP contribution in [0, 0.1) is 6.57 Å². The zero-order chi connectivity index (χ0) is 23.6. The summed E-state index contributed by atoms with van der Waals surface area (Å²) in [5.74, 6) is -0.654. The van der Waals surface area contributed by atoms with Gasteiger partial charge in [0.2, 0.25) is 11.8 Å². The molecule has 1 aromatic heterocycles. The van der Waals surface area contributed by atoms with Crippen molar-refractivity contribution in [3.63, 3.8) is 0 Å². The Morgan fingerprint density at radius 2 is 1.82 bits per heavy atom. The molecule has 2 aromatic rings. The molecule has 2 fully saturated rings. The maximum atomic E-state index is 13.5. The van der Waals surface area contributed by atoms with Gasteiger partial charge in [-0.1, -0.05) is 6.07 Å². The minimum absolute atomic E-state index is 0.0644. The van der Waals surface area contributed by atoms with Gasteiger partial charge in [0.05, 0.1) is 47.8 Å². The highest BCUT2D eigenvalue weighted by molar-refractivity contribution is 5.64. The van der Waals surface area contributed by atoms with E-state index in [1.165, 1.54) is 6.07 Å². The van der Waals surface area contributed by atoms with Gasteiger partial charge in [0.25, 0.3) is 0 Å². The van der Waals surface area contributed by atoms with E-state index < -0.39 is 28.6 Å². The van der Waals surface area contributed by atoms with Gasteiger partial charge in [0, 0.05) is 19.6 Å². The highest BCUT2D eigenvalue weighted by atomic mass is 19.4. The average Bonchev–Trinajstić information content (AvgIpc) is 3.37. The zero-order valence-corrected chi connectivity index (χ0v) is 18.1. The summed E-state index contributed by atoms with van der Waals surface area (Å²) in [5, 5.41) is 22.3. The third kappa shape index (κ3) is 3.29. The molecule has 2 saturated heterocycles. The monoisotopic (exact) mass is 463 g/mol. The van der Waals surface area contributed by atoms with E-state index in [0.29, 0.717) is 50.1 Å². The summed E-state index contributed by atoms with van der Waals surface area (Å²) < 4.78 is 53.4. The Kier molecular flexibility index (Phi) is 4.94. The fourth-order valence-corrected chi connectivity index (χ4v) is 5.50. The third-order valence-electron chi connectivity index (χ3n) is 7.13. The van der Waals surface area contributed by atoms with Crippen LogP contribution in [0.4, 0.5) is 18.9 Å². The van der Waals surface area contributed by atoms with Gasteiger partial charge < -0.3 is 19.7 Å². The number of hydrogen-bond acceptors (Lipinski definition) is 5. The van der Waals surface area contributed by atoms with E-state index in [1.54, 1.807) is 0 Å². The molecule has 3 aliphatic rings. The third-order valence-corrected chi connectivity index (χ3v) is 7.13. The van der Waals surface area contributed by atoms with Crippen molar-refractivity contribution in [2.75, 3.05) is 32.8 Å². The number of nitrogens with zero attached hydrogens (tertiary/aromatic N) is 3. The van der Waals surface area contributed by atoms with Crippen molar-refractivity contribution in [1.82, 2.24) is 9.47 Å². The van der Waals surface area contributed by atoms with Gasteiger partial charge in [0.1, 0.15) is 5.60 Å². The van der Waals surface area contributed by atoms with Crippen molar-refractivity contribution in [1.29, 1.82) is 0 Å². The fraction of sp³-hybridized carbons (Fsp3) is 0.522. The molecular weight excluding hydrogens is 439 g/mol. The molecule has 2 N–H and O–H groups in total. The lowest BCUT2D eigenvalue weighted by atomic mass is 9.77. The molecule has 0 radical (unpaired) electrons. The number of alkyl halides is 3. The van der Waals surface area contributed by atoms with Crippen LogP contribution in [-0.4, -0.2) is 52.5 Å². The van der Waals surface area contributed by atoms with E-state index in [4.69, 9.17) is 16.0 Å². The normalized spacial score (nSPS) is 27.0. The Labute approximate surface area is 188 Å². The van der Waals surface area contributed by atoms with Crippen LogP contribution in [0.5, 0.6) is 11.8 Å². The van der Waals surface area contributed by atoms with Crippen molar-refractivity contribution >= 4 is 5.69 Å². The first-order chi connectivity index (χ1) is 15.6. The number of hydrogen-bond donors (Lipinski definition) is 2. The van der Waals surface area contributed by atoms with Gasteiger partial charge in [-0.05, 0) is 38.3 Å². The largest absolute Gasteiger partial charge is 0.494 e. The number of ether oxygens (including phenoxy) is 2. The minimum atomic E-state index is -4.75. The van der Waals surface area contributed by atoms with Crippen LogP contribution < -0.4 is 0 Å². The van der Waals surface area contributed by atoms with E-state index in [2.05, 4.69) is 9.74 Å². The number of aromatic nitrogens is 1. The maximum Gasteiger partial charge on any atom is 0.407 e. The Hall–Kier alpha value is -2.74. The van der Waals surface area contributed by atoms with Crippen LogP contribution in [0.15, 0.2) is 18.2 Å². The molecule has 0 saturated carbocycles. The molecule has 2 bridgehead atoms. The number of rotatable bonds is 4. The zero-order valence-electron chi connectivity index (χ0n) is 18.1. The number of benzene rings is 1. The van der Waals surface area contributed by atoms with Crippen molar-refractivity contribution < 1.29 is 32.9 Å². The lowest BCUT2D eigenvalue weighted by Crippen LogP contribution is -2.39. The van der Waals surface area contributed by atoms with E-state index in [-0.39, 0.29) is 17.4 Å². The molecule has 1 aromatic carbocycles. The Morgan fingerprint density at radius 3 is 2.48 bits per heavy atom. The first kappa shape index (κ1) is 22.1. The smallest absolute Gasteiger partial charge is 0.407 e. The second kappa shape index (κ2) is 7.38. The second-order valence-corrected chi connectivity index (χ2v) is 9.07. The first-order valence-corrected chi connectivity index (χ1v) is 10.9. The summed E-state index contributed by atoms with van der Waals surface area (Å²) in [6, 6.07) is 3.13. The van der Waals surface area contributed by atoms with Gasteiger partial charge in [-0.3, -0.25) is 9.47 Å². The van der Waals surface area contributed by atoms with Crippen molar-refractivity contribution in [2.45, 2.75) is 43.6 Å². The molecule has 2 atom stereocenters. The molecule has 176 valence electrons. The highest BCUT2D eigenvalue weighted by Gasteiger charge is 2.61. The van der Waals surface area contributed by atoms with E-state index in [1.807, 2.05) is 6.92 Å². The lowest BCUT2D eigenvalue weighted by molar-refractivity contribution is -0.136. The second-order valence-electron chi connectivity index (χ2n) is 9.07. The minimum Gasteiger partial charge on any atom is -0.494 e. The number of morpholine rings is 1. The molecule has 33 heavy (non-hydrogen) atoms. The SMILES string of the molecule is [C-]#[N+]c1ccc(-n2c(O)c3c(c2O)C2(CCN4CCOCC4)CCC3(C)O2)cc1C(F)(F)F. The fourth-order valence-electron chi connectivity index (χ4n) is 5.50. The predicted molar refractivity (Wildman–Crippen MR) is 112 cm³/mol. The highest BCUT2D eigenvalue weighted by Crippen LogP contribution is 2.65. The molecule has 0 spiro atoms. The molecule has 7 nitrogen and oxygen atoms in total. The summed E-state index contributed by atoms with van der Waals surface area (Å²) in [6.45, 7) is 12.5. The molecule has 4 heterocycles. The molecule has 0 amide bonds. The summed E-state index contributed by atoms with van der Waals surface area (Å²) >= 11 is 0. The molecule has 3 aliphatic heterocycles. The first-order valence-electron chi connectivity index (χ1n) is 10.9. The quantitative estimate of drug-likeness (QED) is 0.658. The Balaban J connectivity index is 1.58. The van der Waals surface area contributed by atoms with E-state index >= 15 is 0 Å². The topological polar surface area (TPSA) is 71.5 Å². The van der Waals surface area contributed by atoms with Crippen LogP contribution in [0.3, 0.4) is 0 Å². The van der Waals surface area contributed by atoms with Gasteiger partial charge in [-0.15, -0.1) is 0 Å². The summed E-state index contributed by atoms with van der Waals surface area (Å²) in [4.78, 5) is 5.21. The van der Waals surface area contributed by atoms with Crippen molar-refractivity contribution in [3.05, 3.63) is 46.3 Å².